The van der Waals surface area contributed by atoms with Gasteiger partial charge in [0.25, 0.3) is 5.91 Å². The Morgan fingerprint density at radius 2 is 2.29 bits per heavy atom. The lowest BCUT2D eigenvalue weighted by atomic mass is 10.1. The van der Waals surface area contributed by atoms with Crippen molar-refractivity contribution in [3.8, 4) is 0 Å². The van der Waals surface area contributed by atoms with Gasteiger partial charge in [0, 0.05) is 25.2 Å². The Morgan fingerprint density at radius 3 is 2.95 bits per heavy atom. The average Bonchev–Trinajstić information content (AvgIpc) is 2.47. The van der Waals surface area contributed by atoms with Gasteiger partial charge < -0.3 is 14.5 Å². The van der Waals surface area contributed by atoms with Crippen LogP contribution in [0.2, 0.25) is 5.02 Å². The lowest BCUT2D eigenvalue weighted by Crippen LogP contribution is -2.46. The van der Waals surface area contributed by atoms with Crippen molar-refractivity contribution in [3.05, 3.63) is 34.6 Å². The fourth-order valence-corrected chi connectivity index (χ4v) is 2.41. The maximum Gasteiger partial charge on any atom is 0.254 e. The molecule has 0 spiro atoms. The minimum atomic E-state index is -0.570. The van der Waals surface area contributed by atoms with E-state index in [1.165, 1.54) is 12.1 Å². The van der Waals surface area contributed by atoms with Crippen LogP contribution in [-0.2, 0) is 4.74 Å². The van der Waals surface area contributed by atoms with Crippen LogP contribution in [0.3, 0.4) is 0 Å². The van der Waals surface area contributed by atoms with E-state index >= 15 is 0 Å². The largest absolute Gasteiger partial charge is 0.374 e. The Hall–Kier alpha value is -1.17. The smallest absolute Gasteiger partial charge is 0.254 e. The standard InChI is InChI=1S/C15H20ClFN2O2/c1-18(2)6-5-12-10-19(7-8-21-12)15(20)11-3-4-13(16)14(17)9-11/h3-4,9,12H,5-8,10H2,1-2H3/t12-/m0/s1. The van der Waals surface area contributed by atoms with Crippen LogP contribution in [0.25, 0.3) is 0 Å². The molecule has 0 aromatic heterocycles. The molecule has 0 unspecified atom stereocenters. The molecule has 1 amide bonds. The van der Waals surface area contributed by atoms with Gasteiger partial charge in [-0.25, -0.2) is 4.39 Å². The molecule has 116 valence electrons. The van der Waals surface area contributed by atoms with Crippen molar-refractivity contribution in [2.45, 2.75) is 12.5 Å². The number of halogens is 2. The summed E-state index contributed by atoms with van der Waals surface area (Å²) in [7, 11) is 4.00. The molecule has 1 aromatic carbocycles. The zero-order valence-corrected chi connectivity index (χ0v) is 13.1. The molecule has 1 fully saturated rings. The summed E-state index contributed by atoms with van der Waals surface area (Å²) < 4.78 is 19.1. The van der Waals surface area contributed by atoms with Gasteiger partial charge in [-0.2, -0.15) is 0 Å². The lowest BCUT2D eigenvalue weighted by molar-refractivity contribution is -0.0269. The number of rotatable bonds is 4. The molecule has 1 aliphatic rings. The van der Waals surface area contributed by atoms with E-state index in [-0.39, 0.29) is 17.0 Å². The maximum atomic E-state index is 13.5. The molecule has 0 aliphatic carbocycles. The second-order valence-corrected chi connectivity index (χ2v) is 5.87. The van der Waals surface area contributed by atoms with Gasteiger partial charge in [0.15, 0.2) is 0 Å². The van der Waals surface area contributed by atoms with Crippen LogP contribution in [0.5, 0.6) is 0 Å². The molecule has 21 heavy (non-hydrogen) atoms. The summed E-state index contributed by atoms with van der Waals surface area (Å²) >= 11 is 5.64. The molecule has 1 saturated heterocycles. The number of carbonyl (C=O) groups is 1. The van der Waals surface area contributed by atoms with Gasteiger partial charge in [-0.15, -0.1) is 0 Å². The highest BCUT2D eigenvalue weighted by molar-refractivity contribution is 6.30. The van der Waals surface area contributed by atoms with Crippen molar-refractivity contribution < 1.29 is 13.9 Å². The first-order valence-corrected chi connectivity index (χ1v) is 7.36. The lowest BCUT2D eigenvalue weighted by Gasteiger charge is -2.33. The van der Waals surface area contributed by atoms with Gasteiger partial charge in [0.2, 0.25) is 0 Å². The number of morpholine rings is 1. The second-order valence-electron chi connectivity index (χ2n) is 5.46. The Labute approximate surface area is 129 Å². The van der Waals surface area contributed by atoms with Gasteiger partial charge in [0.1, 0.15) is 5.82 Å². The highest BCUT2D eigenvalue weighted by Crippen LogP contribution is 2.18. The van der Waals surface area contributed by atoms with Gasteiger partial charge in [-0.3, -0.25) is 4.79 Å². The fourth-order valence-electron chi connectivity index (χ4n) is 2.29. The molecule has 1 atom stereocenters. The van der Waals surface area contributed by atoms with E-state index in [0.29, 0.717) is 25.3 Å². The summed E-state index contributed by atoms with van der Waals surface area (Å²) in [5, 5.41) is 0.0254. The molecule has 0 saturated carbocycles. The second kappa shape index (κ2) is 7.20. The van der Waals surface area contributed by atoms with Crippen molar-refractivity contribution in [2.24, 2.45) is 0 Å². The minimum Gasteiger partial charge on any atom is -0.374 e. The highest BCUT2D eigenvalue weighted by Gasteiger charge is 2.25. The molecule has 1 aliphatic heterocycles. The fraction of sp³-hybridized carbons (Fsp3) is 0.533. The van der Waals surface area contributed by atoms with Gasteiger partial charge >= 0.3 is 0 Å². The monoisotopic (exact) mass is 314 g/mol. The molecule has 2 rings (SSSR count). The van der Waals surface area contributed by atoms with Crippen LogP contribution < -0.4 is 0 Å². The Kier molecular flexibility index (Phi) is 5.56. The average molecular weight is 315 g/mol. The number of ether oxygens (including phenoxy) is 1. The molecule has 0 bridgehead atoms. The molecular weight excluding hydrogens is 295 g/mol. The van der Waals surface area contributed by atoms with Gasteiger partial charge in [-0.1, -0.05) is 11.6 Å². The van der Waals surface area contributed by atoms with E-state index in [1.54, 1.807) is 11.0 Å². The normalized spacial score (nSPS) is 19.1. The Bertz CT molecular complexity index is 510. The van der Waals surface area contributed by atoms with E-state index in [9.17, 15) is 9.18 Å². The van der Waals surface area contributed by atoms with Crippen LogP contribution in [0.4, 0.5) is 4.39 Å². The van der Waals surface area contributed by atoms with E-state index in [0.717, 1.165) is 13.0 Å². The third-order valence-electron chi connectivity index (χ3n) is 3.49. The van der Waals surface area contributed by atoms with Crippen LogP contribution in [0, 0.1) is 5.82 Å². The molecule has 1 heterocycles. The number of hydrogen-bond donors (Lipinski definition) is 0. The predicted octanol–water partition coefficient (Wildman–Crippen LogP) is 2.27. The summed E-state index contributed by atoms with van der Waals surface area (Å²) in [4.78, 5) is 16.2. The molecule has 4 nitrogen and oxygen atoms in total. The van der Waals surface area contributed by atoms with E-state index in [4.69, 9.17) is 16.3 Å². The summed E-state index contributed by atoms with van der Waals surface area (Å²) in [6, 6.07) is 4.15. The number of carbonyl (C=O) groups excluding carboxylic acids is 1. The third kappa shape index (κ3) is 4.40. The Morgan fingerprint density at radius 1 is 1.52 bits per heavy atom. The van der Waals surface area contributed by atoms with E-state index in [1.807, 2.05) is 14.1 Å². The summed E-state index contributed by atoms with van der Waals surface area (Å²) in [6.07, 6.45) is 0.897. The van der Waals surface area contributed by atoms with Crippen molar-refractivity contribution in [1.82, 2.24) is 9.80 Å². The number of amides is 1. The zero-order valence-electron chi connectivity index (χ0n) is 12.3. The first-order chi connectivity index (χ1) is 9.97. The number of benzene rings is 1. The molecule has 0 radical (unpaired) electrons. The van der Waals surface area contributed by atoms with Gasteiger partial charge in [0.05, 0.1) is 17.7 Å². The molecule has 0 N–H and O–H groups in total. The van der Waals surface area contributed by atoms with Crippen molar-refractivity contribution in [2.75, 3.05) is 40.3 Å². The minimum absolute atomic E-state index is 0.0254. The number of nitrogens with zero attached hydrogens (tertiary/aromatic N) is 2. The molecule has 1 aromatic rings. The predicted molar refractivity (Wildman–Crippen MR) is 80.2 cm³/mol. The van der Waals surface area contributed by atoms with Crippen LogP contribution in [-0.4, -0.2) is 62.1 Å². The summed E-state index contributed by atoms with van der Waals surface area (Å²) in [5.74, 6) is -0.747. The van der Waals surface area contributed by atoms with Crippen molar-refractivity contribution in [3.63, 3.8) is 0 Å². The molecular formula is C15H20ClFN2O2. The van der Waals surface area contributed by atoms with Crippen LogP contribution in [0.1, 0.15) is 16.8 Å². The van der Waals surface area contributed by atoms with Crippen molar-refractivity contribution >= 4 is 17.5 Å². The third-order valence-corrected chi connectivity index (χ3v) is 3.80. The molecule has 6 heteroatoms. The quantitative estimate of drug-likeness (QED) is 0.855. The topological polar surface area (TPSA) is 32.8 Å². The Balaban J connectivity index is 1.99. The van der Waals surface area contributed by atoms with Crippen molar-refractivity contribution in [1.29, 1.82) is 0 Å². The summed E-state index contributed by atoms with van der Waals surface area (Å²) in [6.45, 7) is 2.49. The van der Waals surface area contributed by atoms with E-state index < -0.39 is 5.82 Å². The zero-order chi connectivity index (χ0) is 15.4. The first kappa shape index (κ1) is 16.2. The number of hydrogen-bond acceptors (Lipinski definition) is 3. The van der Waals surface area contributed by atoms with Crippen LogP contribution >= 0.6 is 11.6 Å². The van der Waals surface area contributed by atoms with Crippen LogP contribution in [0.15, 0.2) is 18.2 Å². The SMILES string of the molecule is CN(C)CC[C@H]1CN(C(=O)c2ccc(Cl)c(F)c2)CCO1. The summed E-state index contributed by atoms with van der Waals surface area (Å²) in [5.41, 5.74) is 0.324. The van der Waals surface area contributed by atoms with Gasteiger partial charge in [-0.05, 0) is 38.7 Å². The highest BCUT2D eigenvalue weighted by atomic mass is 35.5. The first-order valence-electron chi connectivity index (χ1n) is 6.98. The van der Waals surface area contributed by atoms with E-state index in [2.05, 4.69) is 4.90 Å². The maximum absolute atomic E-state index is 13.5.